The summed E-state index contributed by atoms with van der Waals surface area (Å²) in [5.41, 5.74) is 3.56. The van der Waals surface area contributed by atoms with Gasteiger partial charge in [-0.2, -0.15) is 0 Å². The second kappa shape index (κ2) is 5.08. The van der Waals surface area contributed by atoms with Gasteiger partial charge in [-0.05, 0) is 46.9 Å². The first-order valence-corrected chi connectivity index (χ1v) is 7.13. The van der Waals surface area contributed by atoms with Crippen molar-refractivity contribution in [3.8, 4) is 0 Å². The van der Waals surface area contributed by atoms with Crippen LogP contribution in [0.1, 0.15) is 56.5 Å². The Labute approximate surface area is 121 Å². The number of allylic oxidation sites excluding steroid dienone is 2. The highest BCUT2D eigenvalue weighted by Gasteiger charge is 2.33. The summed E-state index contributed by atoms with van der Waals surface area (Å²) in [6, 6.07) is 7.75. The van der Waals surface area contributed by atoms with E-state index in [1.807, 2.05) is 12.1 Å². The molecule has 20 heavy (non-hydrogen) atoms. The quantitative estimate of drug-likeness (QED) is 0.729. The Hall–Kier alpha value is -1.57. The summed E-state index contributed by atoms with van der Waals surface area (Å²) in [6.45, 7) is 9.17. The summed E-state index contributed by atoms with van der Waals surface area (Å²) in [6.07, 6.45) is 4.58. The molecule has 2 heteroatoms. The number of carbonyl (C=O) groups excluding carboxylic acids is 1. The van der Waals surface area contributed by atoms with Gasteiger partial charge in [-0.3, -0.25) is 0 Å². The Bertz CT molecular complexity index is 550. The van der Waals surface area contributed by atoms with Gasteiger partial charge >= 0.3 is 5.97 Å². The average Bonchev–Trinajstić information content (AvgIpc) is 2.34. The molecule has 0 aliphatic heterocycles. The van der Waals surface area contributed by atoms with Gasteiger partial charge in [-0.1, -0.05) is 45.9 Å². The smallest absolute Gasteiger partial charge is 0.337 e. The molecule has 0 amide bonds. The average molecular weight is 272 g/mol. The first-order chi connectivity index (χ1) is 9.22. The lowest BCUT2D eigenvalue weighted by molar-refractivity contribution is 0.0600. The molecular weight excluding hydrogens is 248 g/mol. The highest BCUT2D eigenvalue weighted by molar-refractivity contribution is 5.90. The zero-order valence-corrected chi connectivity index (χ0v) is 13.1. The van der Waals surface area contributed by atoms with Crippen LogP contribution in [-0.4, -0.2) is 13.1 Å². The summed E-state index contributed by atoms with van der Waals surface area (Å²) >= 11 is 0. The van der Waals surface area contributed by atoms with E-state index in [2.05, 4.69) is 39.8 Å². The van der Waals surface area contributed by atoms with E-state index < -0.39 is 0 Å². The van der Waals surface area contributed by atoms with Crippen molar-refractivity contribution in [3.63, 3.8) is 0 Å². The van der Waals surface area contributed by atoms with Crippen LogP contribution in [0.5, 0.6) is 0 Å². The first kappa shape index (κ1) is 14.8. The monoisotopic (exact) mass is 272 g/mol. The zero-order chi connectivity index (χ0) is 15.0. The minimum absolute atomic E-state index is 0.193. The van der Waals surface area contributed by atoms with Crippen molar-refractivity contribution in [2.75, 3.05) is 7.11 Å². The van der Waals surface area contributed by atoms with Crippen molar-refractivity contribution in [1.82, 2.24) is 0 Å². The van der Waals surface area contributed by atoms with Crippen molar-refractivity contribution in [1.29, 1.82) is 0 Å². The molecule has 1 aromatic rings. The number of rotatable bonds is 2. The molecule has 0 bridgehead atoms. The van der Waals surface area contributed by atoms with E-state index in [9.17, 15) is 4.79 Å². The van der Waals surface area contributed by atoms with E-state index >= 15 is 0 Å². The Morgan fingerprint density at radius 2 is 1.90 bits per heavy atom. The highest BCUT2D eigenvalue weighted by atomic mass is 16.5. The Morgan fingerprint density at radius 3 is 2.50 bits per heavy atom. The number of carbonyl (C=O) groups is 1. The van der Waals surface area contributed by atoms with Crippen LogP contribution in [0, 0.1) is 10.8 Å². The minimum Gasteiger partial charge on any atom is -0.465 e. The molecule has 0 saturated heterocycles. The first-order valence-electron chi connectivity index (χ1n) is 7.13. The lowest BCUT2D eigenvalue weighted by Crippen LogP contribution is -2.26. The third-order valence-electron chi connectivity index (χ3n) is 3.82. The molecule has 1 aliphatic rings. The Morgan fingerprint density at radius 1 is 1.20 bits per heavy atom. The topological polar surface area (TPSA) is 26.3 Å². The van der Waals surface area contributed by atoms with E-state index in [0.717, 1.165) is 12.0 Å². The molecule has 0 aromatic heterocycles. The van der Waals surface area contributed by atoms with E-state index in [4.69, 9.17) is 4.74 Å². The summed E-state index contributed by atoms with van der Waals surface area (Å²) in [4.78, 5) is 11.7. The van der Waals surface area contributed by atoms with Crippen LogP contribution in [0.3, 0.4) is 0 Å². The summed E-state index contributed by atoms with van der Waals surface area (Å²) in [7, 11) is 1.42. The van der Waals surface area contributed by atoms with Crippen LogP contribution in [0.2, 0.25) is 0 Å². The molecule has 2 rings (SSSR count). The van der Waals surface area contributed by atoms with E-state index in [1.165, 1.54) is 19.1 Å². The van der Waals surface area contributed by atoms with Gasteiger partial charge in [0.05, 0.1) is 12.7 Å². The van der Waals surface area contributed by atoms with Crippen LogP contribution in [0.15, 0.2) is 30.3 Å². The van der Waals surface area contributed by atoms with E-state index in [-0.39, 0.29) is 16.8 Å². The number of ether oxygens (including phenoxy) is 1. The lowest BCUT2D eigenvalue weighted by Gasteiger charge is -2.39. The molecule has 0 saturated carbocycles. The molecule has 0 radical (unpaired) electrons. The number of hydrogen-bond donors (Lipinski definition) is 0. The van der Waals surface area contributed by atoms with E-state index in [1.54, 1.807) is 6.07 Å². The maximum atomic E-state index is 11.7. The van der Waals surface area contributed by atoms with Crippen molar-refractivity contribution in [2.45, 2.75) is 40.5 Å². The van der Waals surface area contributed by atoms with Gasteiger partial charge < -0.3 is 4.74 Å². The molecular formula is C18H24O2. The third kappa shape index (κ3) is 3.30. The third-order valence-corrected chi connectivity index (χ3v) is 3.82. The fourth-order valence-electron chi connectivity index (χ4n) is 3.53. The summed E-state index contributed by atoms with van der Waals surface area (Å²) in [5, 5.41) is 0. The van der Waals surface area contributed by atoms with Crippen molar-refractivity contribution in [3.05, 3.63) is 41.5 Å². The predicted octanol–water partition coefficient (Wildman–Crippen LogP) is 4.70. The zero-order valence-electron chi connectivity index (χ0n) is 13.1. The van der Waals surface area contributed by atoms with Crippen molar-refractivity contribution < 1.29 is 9.53 Å². The van der Waals surface area contributed by atoms with Crippen LogP contribution in [0.4, 0.5) is 0 Å². The Balaban J connectivity index is 2.41. The standard InChI is InChI=1S/C18H24O2/c1-17(2)10-15(11-18(3,4)12-17)13-7-6-8-14(9-13)16(19)20-5/h6-10H,11-12H2,1-5H3. The summed E-state index contributed by atoms with van der Waals surface area (Å²) < 4.78 is 4.80. The normalized spacial score (nSPS) is 20.1. The molecule has 0 atom stereocenters. The summed E-state index contributed by atoms with van der Waals surface area (Å²) in [5.74, 6) is -0.276. The number of benzene rings is 1. The fraction of sp³-hybridized carbons (Fsp3) is 0.500. The lowest BCUT2D eigenvalue weighted by atomic mass is 9.66. The van der Waals surface area contributed by atoms with Gasteiger partial charge in [-0.25, -0.2) is 4.79 Å². The molecule has 0 N–H and O–H groups in total. The maximum absolute atomic E-state index is 11.7. The van der Waals surface area contributed by atoms with Gasteiger partial charge in [0.15, 0.2) is 0 Å². The van der Waals surface area contributed by atoms with E-state index in [0.29, 0.717) is 5.56 Å². The molecule has 0 fully saturated rings. The van der Waals surface area contributed by atoms with Gasteiger partial charge in [-0.15, -0.1) is 0 Å². The predicted molar refractivity (Wildman–Crippen MR) is 82.6 cm³/mol. The van der Waals surface area contributed by atoms with Crippen LogP contribution in [-0.2, 0) is 4.74 Å². The maximum Gasteiger partial charge on any atom is 0.337 e. The Kier molecular flexibility index (Phi) is 3.77. The highest BCUT2D eigenvalue weighted by Crippen LogP contribution is 2.47. The SMILES string of the molecule is COC(=O)c1cccc(C2=CC(C)(C)CC(C)(C)C2)c1. The molecule has 1 aromatic carbocycles. The second-order valence-corrected chi connectivity index (χ2v) is 7.25. The van der Waals surface area contributed by atoms with Gasteiger partial charge in [0, 0.05) is 0 Å². The van der Waals surface area contributed by atoms with Crippen LogP contribution in [0.25, 0.3) is 5.57 Å². The van der Waals surface area contributed by atoms with Gasteiger partial charge in [0.1, 0.15) is 0 Å². The minimum atomic E-state index is -0.276. The van der Waals surface area contributed by atoms with Crippen LogP contribution < -0.4 is 0 Å². The molecule has 2 nitrogen and oxygen atoms in total. The number of esters is 1. The van der Waals surface area contributed by atoms with Crippen molar-refractivity contribution in [2.24, 2.45) is 10.8 Å². The van der Waals surface area contributed by atoms with Gasteiger partial charge in [0.25, 0.3) is 0 Å². The second-order valence-electron chi connectivity index (χ2n) is 7.25. The largest absolute Gasteiger partial charge is 0.465 e. The molecule has 1 aliphatic carbocycles. The fourth-order valence-corrected chi connectivity index (χ4v) is 3.53. The molecule has 0 unspecified atom stereocenters. The molecule has 0 spiro atoms. The molecule has 108 valence electrons. The number of hydrogen-bond acceptors (Lipinski definition) is 2. The van der Waals surface area contributed by atoms with Crippen molar-refractivity contribution >= 4 is 11.5 Å². The van der Waals surface area contributed by atoms with Crippen LogP contribution >= 0.6 is 0 Å². The molecule has 0 heterocycles. The number of methoxy groups -OCH3 is 1. The van der Waals surface area contributed by atoms with Gasteiger partial charge in [0.2, 0.25) is 0 Å².